The minimum atomic E-state index is -0.0444. The first-order chi connectivity index (χ1) is 12.3. The molecule has 0 bridgehead atoms. The van der Waals surface area contributed by atoms with Crippen molar-refractivity contribution in [2.24, 2.45) is 0 Å². The van der Waals surface area contributed by atoms with Crippen molar-refractivity contribution in [3.63, 3.8) is 0 Å². The highest BCUT2D eigenvalue weighted by Crippen LogP contribution is 2.23. The van der Waals surface area contributed by atoms with Crippen LogP contribution in [0.3, 0.4) is 0 Å². The van der Waals surface area contributed by atoms with Crippen LogP contribution in [-0.2, 0) is 0 Å². The van der Waals surface area contributed by atoms with E-state index in [4.69, 9.17) is 0 Å². The summed E-state index contributed by atoms with van der Waals surface area (Å²) in [6, 6.07) is 17.9. The molecule has 0 aliphatic carbocycles. The van der Waals surface area contributed by atoms with Gasteiger partial charge in [0.2, 0.25) is 0 Å². The second-order valence-electron chi connectivity index (χ2n) is 6.54. The monoisotopic (exact) mass is 338 g/mol. The van der Waals surface area contributed by atoms with Gasteiger partial charge in [-0.05, 0) is 36.6 Å². The summed E-state index contributed by atoms with van der Waals surface area (Å²) >= 11 is 0. The summed E-state index contributed by atoms with van der Waals surface area (Å²) in [5.41, 5.74) is 2.70. The highest BCUT2D eigenvalue weighted by molar-refractivity contribution is 6.00. The average Bonchev–Trinajstić information content (AvgIpc) is 2.69. The number of aliphatic hydroxyl groups is 1. The number of nitrogens with zero attached hydrogens (tertiary/aromatic N) is 1. The van der Waals surface area contributed by atoms with Gasteiger partial charge in [0.05, 0.1) is 6.61 Å². The van der Waals surface area contributed by atoms with Crippen molar-refractivity contribution in [3.05, 3.63) is 60.2 Å². The summed E-state index contributed by atoms with van der Waals surface area (Å²) in [6.07, 6.45) is 3.39. The van der Waals surface area contributed by atoms with Crippen LogP contribution in [-0.4, -0.2) is 48.2 Å². The maximum absolute atomic E-state index is 12.7. The van der Waals surface area contributed by atoms with Gasteiger partial charge in [-0.3, -0.25) is 9.69 Å². The lowest BCUT2D eigenvalue weighted by Crippen LogP contribution is -2.45. The molecule has 1 aliphatic heterocycles. The number of benzene rings is 2. The predicted octanol–water partition coefficient (Wildman–Crippen LogP) is 2.93. The lowest BCUT2D eigenvalue weighted by Gasteiger charge is -2.34. The summed E-state index contributed by atoms with van der Waals surface area (Å²) in [6.45, 7) is 2.58. The Labute approximate surface area is 149 Å². The molecule has 0 aromatic heterocycles. The lowest BCUT2D eigenvalue weighted by atomic mass is 9.99. The van der Waals surface area contributed by atoms with E-state index in [9.17, 15) is 9.90 Å². The average molecular weight is 338 g/mol. The zero-order valence-corrected chi connectivity index (χ0v) is 14.5. The number of rotatable bonds is 6. The second-order valence-corrected chi connectivity index (χ2v) is 6.54. The molecule has 0 radical (unpaired) electrons. The summed E-state index contributed by atoms with van der Waals surface area (Å²) in [5, 5.41) is 12.5. The van der Waals surface area contributed by atoms with Crippen molar-refractivity contribution < 1.29 is 9.90 Å². The Hall–Kier alpha value is -2.17. The van der Waals surface area contributed by atoms with Crippen molar-refractivity contribution in [1.29, 1.82) is 0 Å². The molecule has 1 amide bonds. The molecule has 0 saturated carbocycles. The minimum absolute atomic E-state index is 0.0444. The predicted molar refractivity (Wildman–Crippen MR) is 101 cm³/mol. The Morgan fingerprint density at radius 2 is 1.84 bits per heavy atom. The van der Waals surface area contributed by atoms with Gasteiger partial charge in [0, 0.05) is 24.7 Å². The third kappa shape index (κ3) is 4.47. The van der Waals surface area contributed by atoms with E-state index in [-0.39, 0.29) is 18.6 Å². The van der Waals surface area contributed by atoms with Gasteiger partial charge < -0.3 is 10.4 Å². The molecular weight excluding hydrogens is 312 g/mol. The number of likely N-dealkylation sites (tertiary alicyclic amines) is 1. The first-order valence-electron chi connectivity index (χ1n) is 9.07. The first kappa shape index (κ1) is 17.6. The quantitative estimate of drug-likeness (QED) is 0.851. The first-order valence-corrected chi connectivity index (χ1v) is 9.07. The van der Waals surface area contributed by atoms with Crippen LogP contribution in [0.4, 0.5) is 0 Å². The Kier molecular flexibility index (Phi) is 6.20. The molecule has 2 aromatic rings. The second kappa shape index (κ2) is 8.79. The van der Waals surface area contributed by atoms with Gasteiger partial charge in [-0.1, -0.05) is 55.0 Å². The molecule has 4 heteroatoms. The van der Waals surface area contributed by atoms with Gasteiger partial charge in [-0.2, -0.15) is 0 Å². The molecule has 132 valence electrons. The van der Waals surface area contributed by atoms with E-state index in [0.29, 0.717) is 12.1 Å². The van der Waals surface area contributed by atoms with E-state index < -0.39 is 0 Å². The fourth-order valence-corrected chi connectivity index (χ4v) is 3.52. The number of hydrogen-bond acceptors (Lipinski definition) is 3. The summed E-state index contributed by atoms with van der Waals surface area (Å²) in [5.74, 6) is -0.0444. The van der Waals surface area contributed by atoms with Crippen LogP contribution in [0.25, 0.3) is 11.1 Å². The van der Waals surface area contributed by atoms with Crippen molar-refractivity contribution >= 4 is 5.91 Å². The Balaban J connectivity index is 1.62. The number of carbonyl (C=O) groups is 1. The van der Waals surface area contributed by atoms with E-state index in [2.05, 4.69) is 10.2 Å². The van der Waals surface area contributed by atoms with Crippen LogP contribution >= 0.6 is 0 Å². The number of aliphatic hydroxyl groups excluding tert-OH is 1. The van der Waals surface area contributed by atoms with E-state index in [1.807, 2.05) is 54.6 Å². The zero-order valence-electron chi connectivity index (χ0n) is 14.5. The maximum Gasteiger partial charge on any atom is 0.251 e. The van der Waals surface area contributed by atoms with Crippen molar-refractivity contribution in [2.75, 3.05) is 26.2 Å². The highest BCUT2D eigenvalue weighted by atomic mass is 16.3. The number of nitrogens with one attached hydrogen (secondary N) is 1. The molecule has 2 N–H and O–H groups in total. The number of amides is 1. The van der Waals surface area contributed by atoms with Crippen LogP contribution in [0.5, 0.6) is 0 Å². The van der Waals surface area contributed by atoms with Gasteiger partial charge in [0.15, 0.2) is 0 Å². The smallest absolute Gasteiger partial charge is 0.251 e. The van der Waals surface area contributed by atoms with Crippen LogP contribution in [0, 0.1) is 0 Å². The highest BCUT2D eigenvalue weighted by Gasteiger charge is 2.21. The molecule has 3 rings (SSSR count). The van der Waals surface area contributed by atoms with E-state index in [0.717, 1.165) is 30.6 Å². The minimum Gasteiger partial charge on any atom is -0.395 e. The topological polar surface area (TPSA) is 52.6 Å². The fourth-order valence-electron chi connectivity index (χ4n) is 3.52. The molecule has 25 heavy (non-hydrogen) atoms. The molecule has 0 spiro atoms. The van der Waals surface area contributed by atoms with Crippen LogP contribution in [0.1, 0.15) is 29.6 Å². The van der Waals surface area contributed by atoms with Gasteiger partial charge >= 0.3 is 0 Å². The van der Waals surface area contributed by atoms with Gasteiger partial charge in [-0.15, -0.1) is 0 Å². The maximum atomic E-state index is 12.7. The number of carbonyl (C=O) groups excluding carboxylic acids is 1. The van der Waals surface area contributed by atoms with Crippen molar-refractivity contribution in [2.45, 2.75) is 25.3 Å². The molecule has 4 nitrogen and oxygen atoms in total. The summed E-state index contributed by atoms with van der Waals surface area (Å²) < 4.78 is 0. The zero-order chi connectivity index (χ0) is 17.5. The van der Waals surface area contributed by atoms with E-state index in [1.54, 1.807) is 0 Å². The van der Waals surface area contributed by atoms with Crippen molar-refractivity contribution in [3.8, 4) is 11.1 Å². The standard InChI is InChI=1S/C21H26N2O2/c24-16-18-10-6-7-14-23(18)15-13-22-21(25)20-12-5-4-11-19(20)17-8-2-1-3-9-17/h1-5,8-9,11-12,18,24H,6-7,10,13-16H2,(H,22,25)/t18-/m0/s1. The molecule has 1 aliphatic rings. The van der Waals surface area contributed by atoms with Gasteiger partial charge in [0.1, 0.15) is 0 Å². The summed E-state index contributed by atoms with van der Waals surface area (Å²) in [7, 11) is 0. The Morgan fingerprint density at radius 1 is 1.08 bits per heavy atom. The van der Waals surface area contributed by atoms with Gasteiger partial charge in [-0.25, -0.2) is 0 Å². The Bertz CT molecular complexity index is 687. The normalized spacial score (nSPS) is 18.0. The molecule has 2 aromatic carbocycles. The largest absolute Gasteiger partial charge is 0.395 e. The molecule has 0 unspecified atom stereocenters. The number of hydrogen-bond donors (Lipinski definition) is 2. The number of piperidine rings is 1. The van der Waals surface area contributed by atoms with Gasteiger partial charge in [0.25, 0.3) is 5.91 Å². The summed E-state index contributed by atoms with van der Waals surface area (Å²) in [4.78, 5) is 14.9. The molecule has 1 fully saturated rings. The fraction of sp³-hybridized carbons (Fsp3) is 0.381. The molecule has 1 atom stereocenters. The van der Waals surface area contributed by atoms with E-state index >= 15 is 0 Å². The lowest BCUT2D eigenvalue weighted by molar-refractivity contribution is 0.0849. The Morgan fingerprint density at radius 3 is 2.64 bits per heavy atom. The molecular formula is C21H26N2O2. The van der Waals surface area contributed by atoms with E-state index in [1.165, 1.54) is 12.8 Å². The third-order valence-corrected chi connectivity index (χ3v) is 4.90. The SMILES string of the molecule is O=C(NCCN1CCCC[C@H]1CO)c1ccccc1-c1ccccc1. The molecule has 1 heterocycles. The van der Waals surface area contributed by atoms with Crippen LogP contribution in [0.2, 0.25) is 0 Å². The van der Waals surface area contributed by atoms with Crippen LogP contribution < -0.4 is 5.32 Å². The third-order valence-electron chi connectivity index (χ3n) is 4.90. The molecule has 1 saturated heterocycles. The van der Waals surface area contributed by atoms with Crippen molar-refractivity contribution in [1.82, 2.24) is 10.2 Å². The van der Waals surface area contributed by atoms with Crippen LogP contribution in [0.15, 0.2) is 54.6 Å².